The highest BCUT2D eigenvalue weighted by molar-refractivity contribution is 9.10. The lowest BCUT2D eigenvalue weighted by atomic mass is 10.1. The highest BCUT2D eigenvalue weighted by Crippen LogP contribution is 2.35. The summed E-state index contributed by atoms with van der Waals surface area (Å²) in [5.41, 5.74) is 0.500. The number of anilines is 1. The highest BCUT2D eigenvalue weighted by atomic mass is 79.9. The van der Waals surface area contributed by atoms with Gasteiger partial charge in [0.15, 0.2) is 11.5 Å². The van der Waals surface area contributed by atoms with Crippen LogP contribution in [0.15, 0.2) is 46.4 Å². The molecule has 3 rings (SSSR count). The monoisotopic (exact) mass is 488 g/mol. The van der Waals surface area contributed by atoms with Crippen molar-refractivity contribution in [3.05, 3.63) is 52.0 Å². The van der Waals surface area contributed by atoms with E-state index in [-0.39, 0.29) is 17.0 Å². The number of urea groups is 1. The van der Waals surface area contributed by atoms with Crippen LogP contribution < -0.4 is 19.7 Å². The van der Waals surface area contributed by atoms with Crippen LogP contribution in [0.3, 0.4) is 0 Å². The smallest absolute Gasteiger partial charge is 0.335 e. The van der Waals surface area contributed by atoms with Gasteiger partial charge < -0.3 is 14.6 Å². The minimum atomic E-state index is -0.866. The summed E-state index contributed by atoms with van der Waals surface area (Å²) in [6.45, 7) is 4.74. The Morgan fingerprint density at radius 2 is 1.74 bits per heavy atom. The number of halogens is 1. The zero-order chi connectivity index (χ0) is 22.5. The normalized spacial score (nSPS) is 15.3. The van der Waals surface area contributed by atoms with Gasteiger partial charge in [-0.25, -0.2) is 9.69 Å². The molecule has 0 radical (unpaired) electrons. The number of aromatic hydroxyl groups is 1. The third-order valence-corrected chi connectivity index (χ3v) is 5.02. The standard InChI is InChI=1S/C22H21BrN2O6/c1-3-9-31-19-12-17(23)13(11-18(19)30-4-2)10-16-20(27)24-22(29)25(21(16)28)14-5-7-15(26)8-6-14/h5-8,10-12,26H,3-4,9H2,1-2H3,(H,24,27,29)/b16-10-. The number of hydrogen-bond donors (Lipinski definition) is 2. The molecule has 0 spiro atoms. The Morgan fingerprint density at radius 1 is 1.06 bits per heavy atom. The maximum absolute atomic E-state index is 13.0. The van der Waals surface area contributed by atoms with Gasteiger partial charge in [0, 0.05) is 4.47 Å². The van der Waals surface area contributed by atoms with Crippen molar-refractivity contribution < 1.29 is 29.0 Å². The van der Waals surface area contributed by atoms with E-state index >= 15 is 0 Å². The number of nitrogens with zero attached hydrogens (tertiary/aromatic N) is 1. The Labute approximate surface area is 187 Å². The Bertz CT molecular complexity index is 1050. The third-order valence-electron chi connectivity index (χ3n) is 4.33. The summed E-state index contributed by atoms with van der Waals surface area (Å²) in [6.07, 6.45) is 2.21. The lowest BCUT2D eigenvalue weighted by Crippen LogP contribution is -2.54. The maximum atomic E-state index is 13.0. The summed E-state index contributed by atoms with van der Waals surface area (Å²) in [7, 11) is 0. The van der Waals surface area contributed by atoms with Crippen LogP contribution in [0.2, 0.25) is 0 Å². The van der Waals surface area contributed by atoms with Crippen molar-refractivity contribution in [3.63, 3.8) is 0 Å². The van der Waals surface area contributed by atoms with Crippen molar-refractivity contribution in [2.45, 2.75) is 20.3 Å². The number of nitrogens with one attached hydrogen (secondary N) is 1. The quantitative estimate of drug-likeness (QED) is 0.450. The Morgan fingerprint density at radius 3 is 2.39 bits per heavy atom. The van der Waals surface area contributed by atoms with Crippen LogP contribution in [0.4, 0.5) is 10.5 Å². The molecule has 8 nitrogen and oxygen atoms in total. The number of carbonyl (C=O) groups excluding carboxylic acids is 3. The number of ether oxygens (including phenoxy) is 2. The summed E-state index contributed by atoms with van der Waals surface area (Å²) in [6, 6.07) is 8.00. The number of imide groups is 2. The minimum Gasteiger partial charge on any atom is -0.508 e. The highest BCUT2D eigenvalue weighted by Gasteiger charge is 2.37. The molecule has 1 heterocycles. The average Bonchev–Trinajstić information content (AvgIpc) is 2.73. The van der Waals surface area contributed by atoms with Crippen LogP contribution in [0, 0.1) is 0 Å². The first kappa shape index (κ1) is 22.4. The number of carbonyl (C=O) groups is 3. The van der Waals surface area contributed by atoms with E-state index in [2.05, 4.69) is 21.2 Å². The molecule has 2 N–H and O–H groups in total. The molecule has 1 fully saturated rings. The first-order valence-electron chi connectivity index (χ1n) is 9.65. The molecule has 0 bridgehead atoms. The lowest BCUT2D eigenvalue weighted by molar-refractivity contribution is -0.122. The largest absolute Gasteiger partial charge is 0.508 e. The van der Waals surface area contributed by atoms with Gasteiger partial charge in [-0.05, 0) is 61.4 Å². The lowest BCUT2D eigenvalue weighted by Gasteiger charge is -2.26. The molecule has 162 valence electrons. The van der Waals surface area contributed by atoms with Gasteiger partial charge in [0.05, 0.1) is 18.9 Å². The van der Waals surface area contributed by atoms with Gasteiger partial charge in [0.2, 0.25) is 0 Å². The van der Waals surface area contributed by atoms with Crippen LogP contribution in [0.25, 0.3) is 6.08 Å². The van der Waals surface area contributed by atoms with E-state index < -0.39 is 17.8 Å². The summed E-state index contributed by atoms with van der Waals surface area (Å²) in [4.78, 5) is 38.6. The predicted octanol–water partition coefficient (Wildman–Crippen LogP) is 4.01. The molecule has 0 aromatic heterocycles. The van der Waals surface area contributed by atoms with Crippen molar-refractivity contribution in [1.82, 2.24) is 5.32 Å². The molecular formula is C22H21BrN2O6. The topological polar surface area (TPSA) is 105 Å². The zero-order valence-electron chi connectivity index (χ0n) is 17.0. The Balaban J connectivity index is 2.01. The molecule has 2 aromatic rings. The van der Waals surface area contributed by atoms with Gasteiger partial charge >= 0.3 is 6.03 Å². The number of phenols is 1. The summed E-state index contributed by atoms with van der Waals surface area (Å²) < 4.78 is 11.9. The first-order chi connectivity index (χ1) is 14.8. The van der Waals surface area contributed by atoms with E-state index in [9.17, 15) is 19.5 Å². The average molecular weight is 489 g/mol. The maximum Gasteiger partial charge on any atom is 0.335 e. The summed E-state index contributed by atoms with van der Waals surface area (Å²) in [5, 5.41) is 11.6. The van der Waals surface area contributed by atoms with Crippen LogP contribution in [0.5, 0.6) is 17.2 Å². The van der Waals surface area contributed by atoms with Gasteiger partial charge in [0.1, 0.15) is 11.3 Å². The van der Waals surface area contributed by atoms with E-state index in [4.69, 9.17) is 9.47 Å². The fourth-order valence-corrected chi connectivity index (χ4v) is 3.34. The molecule has 0 saturated carbocycles. The predicted molar refractivity (Wildman–Crippen MR) is 118 cm³/mol. The van der Waals surface area contributed by atoms with Crippen molar-refractivity contribution >= 4 is 45.5 Å². The Hall–Kier alpha value is -3.33. The molecule has 9 heteroatoms. The van der Waals surface area contributed by atoms with E-state index in [1.165, 1.54) is 30.3 Å². The summed E-state index contributed by atoms with van der Waals surface area (Å²) in [5.74, 6) is -0.589. The van der Waals surface area contributed by atoms with E-state index in [0.29, 0.717) is 34.7 Å². The first-order valence-corrected chi connectivity index (χ1v) is 10.4. The second-order valence-corrected chi connectivity index (χ2v) is 7.43. The number of amides is 4. The van der Waals surface area contributed by atoms with Crippen molar-refractivity contribution in [2.24, 2.45) is 0 Å². The van der Waals surface area contributed by atoms with Crippen molar-refractivity contribution in [1.29, 1.82) is 0 Å². The van der Waals surface area contributed by atoms with Gasteiger partial charge in [-0.2, -0.15) is 0 Å². The number of barbiturate groups is 1. The van der Waals surface area contributed by atoms with E-state index in [0.717, 1.165) is 11.3 Å². The van der Waals surface area contributed by atoms with Crippen LogP contribution in [-0.2, 0) is 9.59 Å². The molecule has 1 saturated heterocycles. The molecule has 1 aliphatic rings. The number of hydrogen-bond acceptors (Lipinski definition) is 6. The molecular weight excluding hydrogens is 468 g/mol. The third kappa shape index (κ3) is 4.88. The zero-order valence-corrected chi connectivity index (χ0v) is 18.6. The fraction of sp³-hybridized carbons (Fsp3) is 0.227. The van der Waals surface area contributed by atoms with Gasteiger partial charge in [0.25, 0.3) is 11.8 Å². The molecule has 0 unspecified atom stereocenters. The molecule has 0 aliphatic carbocycles. The minimum absolute atomic E-state index is 0.0155. The van der Waals surface area contributed by atoms with Crippen LogP contribution in [-0.4, -0.2) is 36.2 Å². The van der Waals surface area contributed by atoms with Crippen LogP contribution >= 0.6 is 15.9 Å². The molecule has 1 aliphatic heterocycles. The number of benzene rings is 2. The van der Waals surface area contributed by atoms with Gasteiger partial charge in [-0.3, -0.25) is 14.9 Å². The van der Waals surface area contributed by atoms with E-state index in [1.807, 2.05) is 13.8 Å². The second kappa shape index (κ2) is 9.65. The molecule has 0 atom stereocenters. The summed E-state index contributed by atoms with van der Waals surface area (Å²) >= 11 is 3.44. The molecule has 4 amide bonds. The van der Waals surface area contributed by atoms with Crippen LogP contribution in [0.1, 0.15) is 25.8 Å². The van der Waals surface area contributed by atoms with Crippen molar-refractivity contribution in [3.8, 4) is 17.2 Å². The second-order valence-electron chi connectivity index (χ2n) is 6.58. The number of phenolic OH excluding ortho intramolecular Hbond substituents is 1. The molecule has 31 heavy (non-hydrogen) atoms. The Kier molecular flexibility index (Phi) is 6.96. The van der Waals surface area contributed by atoms with E-state index in [1.54, 1.807) is 12.1 Å². The fourth-order valence-electron chi connectivity index (χ4n) is 2.90. The number of rotatable bonds is 7. The van der Waals surface area contributed by atoms with Gasteiger partial charge in [-0.15, -0.1) is 0 Å². The van der Waals surface area contributed by atoms with Gasteiger partial charge in [-0.1, -0.05) is 22.9 Å². The molecule has 2 aromatic carbocycles. The SMILES string of the molecule is CCCOc1cc(Br)c(/C=C2/C(=O)NC(=O)N(c3ccc(O)cc3)C2=O)cc1OCC. The van der Waals surface area contributed by atoms with Crippen molar-refractivity contribution in [2.75, 3.05) is 18.1 Å².